The topological polar surface area (TPSA) is 46.2 Å². The summed E-state index contributed by atoms with van der Waals surface area (Å²) in [5.41, 5.74) is 3.43. The molecule has 0 atom stereocenters. The second-order valence-electron chi connectivity index (χ2n) is 5.75. The van der Waals surface area contributed by atoms with Gasteiger partial charge < -0.3 is 0 Å². The van der Waals surface area contributed by atoms with E-state index >= 15 is 0 Å². The molecule has 0 heterocycles. The van der Waals surface area contributed by atoms with E-state index in [2.05, 4.69) is 4.72 Å². The van der Waals surface area contributed by atoms with Gasteiger partial charge in [-0.2, -0.15) is 0 Å². The first-order valence-electron chi connectivity index (χ1n) is 7.96. The number of nitrogens with one attached hydrogen (secondary N) is 1. The van der Waals surface area contributed by atoms with Gasteiger partial charge >= 0.3 is 0 Å². The smallest absolute Gasteiger partial charge is 0.261 e. The predicted molar refractivity (Wildman–Crippen MR) is 104 cm³/mol. The van der Waals surface area contributed by atoms with Crippen molar-refractivity contribution in [2.45, 2.75) is 11.8 Å². The first kappa shape index (κ1) is 17.0. The third-order valence-electron chi connectivity index (χ3n) is 3.79. The molecule has 0 saturated heterocycles. The van der Waals surface area contributed by atoms with E-state index in [0.29, 0.717) is 5.69 Å². The molecule has 3 nitrogen and oxygen atoms in total. The van der Waals surface area contributed by atoms with Gasteiger partial charge in [0.05, 0.1) is 10.6 Å². The molecule has 0 aliphatic carbocycles. The Bertz CT molecular complexity index is 976. The van der Waals surface area contributed by atoms with E-state index < -0.39 is 10.0 Å². The van der Waals surface area contributed by atoms with Gasteiger partial charge in [0.15, 0.2) is 0 Å². The molecular weight excluding hydrogens is 330 g/mol. The molecule has 0 spiro atoms. The Balaban J connectivity index is 1.88. The standard InChI is InChI=1S/C21H19NO2S/c1-17-11-15-20(16-12-17)25(23,24)22-21-10-6-5-9-19(21)14-13-18-7-3-2-4-8-18/h2-16,22H,1H3/b14-13+. The maximum atomic E-state index is 12.6. The average molecular weight is 349 g/mol. The molecule has 0 aliphatic heterocycles. The van der Waals surface area contributed by atoms with Crippen LogP contribution in [0, 0.1) is 6.92 Å². The summed E-state index contributed by atoms with van der Waals surface area (Å²) >= 11 is 0. The molecule has 0 saturated carbocycles. The second kappa shape index (κ2) is 7.36. The maximum absolute atomic E-state index is 12.6. The van der Waals surface area contributed by atoms with Crippen molar-refractivity contribution in [3.05, 3.63) is 95.6 Å². The van der Waals surface area contributed by atoms with Crippen molar-refractivity contribution in [2.24, 2.45) is 0 Å². The fourth-order valence-corrected chi connectivity index (χ4v) is 3.49. The van der Waals surface area contributed by atoms with Crippen LogP contribution in [0.3, 0.4) is 0 Å². The van der Waals surface area contributed by atoms with E-state index in [1.54, 1.807) is 30.3 Å². The van der Waals surface area contributed by atoms with Crippen LogP contribution in [0.1, 0.15) is 16.7 Å². The van der Waals surface area contributed by atoms with Crippen LogP contribution in [-0.4, -0.2) is 8.42 Å². The lowest BCUT2D eigenvalue weighted by Gasteiger charge is -2.11. The predicted octanol–water partition coefficient (Wildman–Crippen LogP) is 4.97. The quantitative estimate of drug-likeness (QED) is 0.661. The van der Waals surface area contributed by atoms with E-state index in [4.69, 9.17) is 0 Å². The van der Waals surface area contributed by atoms with Crippen molar-refractivity contribution in [3.63, 3.8) is 0 Å². The zero-order valence-corrected chi connectivity index (χ0v) is 14.7. The van der Waals surface area contributed by atoms with E-state index in [1.165, 1.54) is 0 Å². The van der Waals surface area contributed by atoms with Crippen LogP contribution in [0.15, 0.2) is 83.8 Å². The van der Waals surface area contributed by atoms with Crippen molar-refractivity contribution in [1.29, 1.82) is 0 Å². The van der Waals surface area contributed by atoms with Crippen LogP contribution in [0.4, 0.5) is 5.69 Å². The highest BCUT2D eigenvalue weighted by atomic mass is 32.2. The summed E-state index contributed by atoms with van der Waals surface area (Å²) in [5.74, 6) is 0. The number of anilines is 1. The molecule has 0 fully saturated rings. The van der Waals surface area contributed by atoms with Gasteiger partial charge in [-0.1, -0.05) is 78.4 Å². The molecule has 0 aliphatic rings. The minimum Gasteiger partial charge on any atom is -0.279 e. The number of hydrogen-bond acceptors (Lipinski definition) is 2. The van der Waals surface area contributed by atoms with E-state index in [0.717, 1.165) is 16.7 Å². The monoisotopic (exact) mass is 349 g/mol. The molecule has 1 N–H and O–H groups in total. The van der Waals surface area contributed by atoms with Crippen molar-refractivity contribution < 1.29 is 8.42 Å². The minimum absolute atomic E-state index is 0.250. The molecule has 3 aromatic rings. The van der Waals surface area contributed by atoms with E-state index in [9.17, 15) is 8.42 Å². The van der Waals surface area contributed by atoms with Gasteiger partial charge in [0.2, 0.25) is 0 Å². The molecule has 0 bridgehead atoms. The lowest BCUT2D eigenvalue weighted by atomic mass is 10.1. The number of rotatable bonds is 5. The zero-order chi connectivity index (χ0) is 17.7. The van der Waals surface area contributed by atoms with Crippen molar-refractivity contribution in [3.8, 4) is 0 Å². The lowest BCUT2D eigenvalue weighted by Crippen LogP contribution is -2.13. The summed E-state index contributed by atoms with van der Waals surface area (Å²) in [7, 11) is -3.62. The number of hydrogen-bond donors (Lipinski definition) is 1. The van der Waals surface area contributed by atoms with Crippen LogP contribution in [0.5, 0.6) is 0 Å². The van der Waals surface area contributed by atoms with Gasteiger partial charge in [-0.15, -0.1) is 0 Å². The van der Waals surface area contributed by atoms with Gasteiger partial charge in [-0.25, -0.2) is 8.42 Å². The molecule has 3 aromatic carbocycles. The SMILES string of the molecule is Cc1ccc(S(=O)(=O)Nc2ccccc2/C=C/c2ccccc2)cc1. The second-order valence-corrected chi connectivity index (χ2v) is 7.43. The summed E-state index contributed by atoms with van der Waals surface area (Å²) in [6.45, 7) is 1.92. The van der Waals surface area contributed by atoms with Gasteiger partial charge in [0.25, 0.3) is 10.0 Å². The summed E-state index contributed by atoms with van der Waals surface area (Å²) in [4.78, 5) is 0.250. The first-order valence-corrected chi connectivity index (χ1v) is 9.44. The maximum Gasteiger partial charge on any atom is 0.261 e. The summed E-state index contributed by atoms with van der Waals surface area (Å²) in [6, 6.07) is 24.0. The molecule has 0 unspecified atom stereocenters. The Morgan fingerprint density at radius 3 is 2.12 bits per heavy atom. The largest absolute Gasteiger partial charge is 0.279 e. The van der Waals surface area contributed by atoms with Crippen molar-refractivity contribution in [2.75, 3.05) is 4.72 Å². The molecule has 0 aromatic heterocycles. The molecular formula is C21H19NO2S. The van der Waals surface area contributed by atoms with Gasteiger partial charge in [-0.3, -0.25) is 4.72 Å². The molecule has 0 radical (unpaired) electrons. The summed E-state index contributed by atoms with van der Waals surface area (Å²) < 4.78 is 27.9. The van der Waals surface area contributed by atoms with Gasteiger partial charge in [0.1, 0.15) is 0 Å². The lowest BCUT2D eigenvalue weighted by molar-refractivity contribution is 0.601. The third-order valence-corrected chi connectivity index (χ3v) is 5.17. The Hall–Kier alpha value is -2.85. The fraction of sp³-hybridized carbons (Fsp3) is 0.0476. The Morgan fingerprint density at radius 1 is 0.760 bits per heavy atom. The Kier molecular flexibility index (Phi) is 5.00. The normalized spacial score (nSPS) is 11.6. The fourth-order valence-electron chi connectivity index (χ4n) is 2.41. The van der Waals surface area contributed by atoms with Crippen molar-refractivity contribution >= 4 is 27.9 Å². The molecule has 4 heteroatoms. The van der Waals surface area contributed by atoms with Crippen LogP contribution in [0.2, 0.25) is 0 Å². The molecule has 3 rings (SSSR count). The number of benzene rings is 3. The first-order chi connectivity index (χ1) is 12.0. The summed E-state index contributed by atoms with van der Waals surface area (Å²) in [6.07, 6.45) is 3.86. The zero-order valence-electron chi connectivity index (χ0n) is 13.9. The molecule has 126 valence electrons. The molecule has 0 amide bonds. The average Bonchev–Trinajstić information content (AvgIpc) is 2.62. The third kappa shape index (κ3) is 4.37. The van der Waals surface area contributed by atoms with Crippen LogP contribution < -0.4 is 4.72 Å². The van der Waals surface area contributed by atoms with E-state index in [1.807, 2.05) is 67.6 Å². The summed E-state index contributed by atoms with van der Waals surface area (Å²) in [5, 5.41) is 0. The number of aryl methyl sites for hydroxylation is 1. The Labute approximate surface area is 148 Å². The number of sulfonamides is 1. The molecule has 25 heavy (non-hydrogen) atoms. The highest BCUT2D eigenvalue weighted by Gasteiger charge is 2.14. The number of para-hydroxylation sites is 1. The van der Waals surface area contributed by atoms with Gasteiger partial charge in [0, 0.05) is 0 Å². The van der Waals surface area contributed by atoms with E-state index in [-0.39, 0.29) is 4.90 Å². The highest BCUT2D eigenvalue weighted by molar-refractivity contribution is 7.92. The van der Waals surface area contributed by atoms with Crippen molar-refractivity contribution in [1.82, 2.24) is 0 Å². The van der Waals surface area contributed by atoms with Gasteiger partial charge in [-0.05, 0) is 36.2 Å². The minimum atomic E-state index is -3.62. The Morgan fingerprint density at radius 2 is 1.40 bits per heavy atom. The highest BCUT2D eigenvalue weighted by Crippen LogP contribution is 2.22. The van der Waals surface area contributed by atoms with Crippen LogP contribution >= 0.6 is 0 Å². The van der Waals surface area contributed by atoms with Crippen LogP contribution in [0.25, 0.3) is 12.2 Å². The van der Waals surface area contributed by atoms with Crippen LogP contribution in [-0.2, 0) is 10.0 Å².